The standard InChI is InChI=1S/C18H29NO/c1-14(2)16-8-10-17(11-9-16)18(19)13-20-12-15-6-4-3-5-7-15/h8-11,14-15,18H,3-7,12-13,19H2,1-2H3. The lowest BCUT2D eigenvalue weighted by molar-refractivity contribution is 0.0759. The lowest BCUT2D eigenvalue weighted by Crippen LogP contribution is -2.20. The zero-order valence-electron chi connectivity index (χ0n) is 13.0. The maximum absolute atomic E-state index is 6.21. The van der Waals surface area contributed by atoms with E-state index in [4.69, 9.17) is 10.5 Å². The maximum atomic E-state index is 6.21. The Morgan fingerprint density at radius 1 is 1.05 bits per heavy atom. The average Bonchev–Trinajstić information content (AvgIpc) is 2.48. The van der Waals surface area contributed by atoms with Crippen LogP contribution in [0.25, 0.3) is 0 Å². The molecule has 1 aliphatic carbocycles. The molecule has 1 aromatic rings. The molecule has 20 heavy (non-hydrogen) atoms. The molecule has 0 spiro atoms. The largest absolute Gasteiger partial charge is 0.379 e. The lowest BCUT2D eigenvalue weighted by atomic mass is 9.90. The fraction of sp³-hybridized carbons (Fsp3) is 0.667. The Morgan fingerprint density at radius 2 is 1.65 bits per heavy atom. The number of ether oxygens (including phenoxy) is 1. The van der Waals surface area contributed by atoms with E-state index in [1.165, 1.54) is 43.2 Å². The molecule has 2 nitrogen and oxygen atoms in total. The van der Waals surface area contributed by atoms with Gasteiger partial charge in [-0.1, -0.05) is 57.4 Å². The predicted molar refractivity (Wildman–Crippen MR) is 84.9 cm³/mol. The van der Waals surface area contributed by atoms with Crippen molar-refractivity contribution in [2.24, 2.45) is 11.7 Å². The molecule has 0 radical (unpaired) electrons. The first kappa shape index (κ1) is 15.5. The highest BCUT2D eigenvalue weighted by atomic mass is 16.5. The van der Waals surface area contributed by atoms with Gasteiger partial charge in [0.15, 0.2) is 0 Å². The van der Waals surface area contributed by atoms with Crippen LogP contribution in [0.3, 0.4) is 0 Å². The molecule has 0 aliphatic heterocycles. The molecule has 0 amide bonds. The fourth-order valence-corrected chi connectivity index (χ4v) is 2.94. The van der Waals surface area contributed by atoms with E-state index >= 15 is 0 Å². The van der Waals surface area contributed by atoms with Crippen LogP contribution in [-0.2, 0) is 4.74 Å². The molecule has 1 unspecified atom stereocenters. The summed E-state index contributed by atoms with van der Waals surface area (Å²) in [6.45, 7) is 5.94. The molecule has 0 aromatic heterocycles. The summed E-state index contributed by atoms with van der Waals surface area (Å²) in [6.07, 6.45) is 6.81. The van der Waals surface area contributed by atoms with Gasteiger partial charge in [-0.2, -0.15) is 0 Å². The number of benzene rings is 1. The third-order valence-corrected chi connectivity index (χ3v) is 4.41. The summed E-state index contributed by atoms with van der Waals surface area (Å²) < 4.78 is 5.84. The molecule has 0 saturated heterocycles. The fourth-order valence-electron chi connectivity index (χ4n) is 2.94. The van der Waals surface area contributed by atoms with Gasteiger partial charge in [0.1, 0.15) is 0 Å². The Labute approximate surface area is 123 Å². The summed E-state index contributed by atoms with van der Waals surface area (Å²) in [4.78, 5) is 0. The summed E-state index contributed by atoms with van der Waals surface area (Å²) in [5, 5.41) is 0. The van der Waals surface area contributed by atoms with Gasteiger partial charge >= 0.3 is 0 Å². The van der Waals surface area contributed by atoms with Gasteiger partial charge < -0.3 is 10.5 Å². The highest BCUT2D eigenvalue weighted by Gasteiger charge is 2.14. The minimum absolute atomic E-state index is 0.000183. The van der Waals surface area contributed by atoms with Crippen LogP contribution in [0.4, 0.5) is 0 Å². The van der Waals surface area contributed by atoms with Gasteiger partial charge in [-0.15, -0.1) is 0 Å². The topological polar surface area (TPSA) is 35.2 Å². The first-order valence-electron chi connectivity index (χ1n) is 8.10. The zero-order chi connectivity index (χ0) is 14.4. The highest BCUT2D eigenvalue weighted by Crippen LogP contribution is 2.24. The zero-order valence-corrected chi connectivity index (χ0v) is 13.0. The van der Waals surface area contributed by atoms with Crippen LogP contribution in [0.1, 0.15) is 69.0 Å². The van der Waals surface area contributed by atoms with Crippen LogP contribution in [0.15, 0.2) is 24.3 Å². The van der Waals surface area contributed by atoms with Crippen molar-refractivity contribution >= 4 is 0 Å². The molecule has 1 atom stereocenters. The van der Waals surface area contributed by atoms with Crippen LogP contribution in [0.2, 0.25) is 0 Å². The molecule has 2 heteroatoms. The highest BCUT2D eigenvalue weighted by molar-refractivity contribution is 5.26. The van der Waals surface area contributed by atoms with E-state index in [1.54, 1.807) is 0 Å². The summed E-state index contributed by atoms with van der Waals surface area (Å²) in [6, 6.07) is 8.65. The van der Waals surface area contributed by atoms with Gasteiger partial charge in [0.05, 0.1) is 12.6 Å². The number of hydrogen-bond acceptors (Lipinski definition) is 2. The van der Waals surface area contributed by atoms with Crippen LogP contribution in [0.5, 0.6) is 0 Å². The van der Waals surface area contributed by atoms with E-state index in [1.807, 2.05) is 0 Å². The average molecular weight is 275 g/mol. The Hall–Kier alpha value is -0.860. The van der Waals surface area contributed by atoms with Crippen LogP contribution in [0, 0.1) is 5.92 Å². The van der Waals surface area contributed by atoms with Gasteiger partial charge in [0.2, 0.25) is 0 Å². The van der Waals surface area contributed by atoms with Gasteiger partial charge in [-0.3, -0.25) is 0 Å². The van der Waals surface area contributed by atoms with Crippen molar-refractivity contribution in [3.05, 3.63) is 35.4 Å². The van der Waals surface area contributed by atoms with Crippen LogP contribution >= 0.6 is 0 Å². The molecule has 112 valence electrons. The van der Waals surface area contributed by atoms with Crippen molar-refractivity contribution in [3.8, 4) is 0 Å². The van der Waals surface area contributed by atoms with Crippen molar-refractivity contribution in [2.75, 3.05) is 13.2 Å². The third-order valence-electron chi connectivity index (χ3n) is 4.41. The number of nitrogens with two attached hydrogens (primary N) is 1. The Morgan fingerprint density at radius 3 is 2.25 bits per heavy atom. The summed E-state index contributed by atoms with van der Waals surface area (Å²) in [7, 11) is 0. The Bertz CT molecular complexity index is 379. The molecule has 1 saturated carbocycles. The van der Waals surface area contributed by atoms with Crippen molar-refractivity contribution in [2.45, 2.75) is 57.9 Å². The maximum Gasteiger partial charge on any atom is 0.0659 e. The van der Waals surface area contributed by atoms with Crippen molar-refractivity contribution in [3.63, 3.8) is 0 Å². The summed E-state index contributed by atoms with van der Waals surface area (Å²) in [5.74, 6) is 1.34. The minimum Gasteiger partial charge on any atom is -0.379 e. The minimum atomic E-state index is -0.000183. The second-order valence-electron chi connectivity index (χ2n) is 6.47. The van der Waals surface area contributed by atoms with Crippen molar-refractivity contribution in [1.29, 1.82) is 0 Å². The molecule has 1 fully saturated rings. The van der Waals surface area contributed by atoms with Gasteiger partial charge in [-0.05, 0) is 35.8 Å². The second-order valence-corrected chi connectivity index (χ2v) is 6.47. The van der Waals surface area contributed by atoms with E-state index in [0.29, 0.717) is 12.5 Å². The molecule has 1 aromatic carbocycles. The van der Waals surface area contributed by atoms with E-state index < -0.39 is 0 Å². The Kier molecular flexibility index (Phi) is 6.06. The van der Waals surface area contributed by atoms with Crippen LogP contribution in [-0.4, -0.2) is 13.2 Å². The quantitative estimate of drug-likeness (QED) is 0.834. The smallest absolute Gasteiger partial charge is 0.0659 e. The monoisotopic (exact) mass is 275 g/mol. The lowest BCUT2D eigenvalue weighted by Gasteiger charge is -2.22. The second kappa shape index (κ2) is 7.80. The van der Waals surface area contributed by atoms with Crippen molar-refractivity contribution < 1.29 is 4.74 Å². The first-order valence-corrected chi connectivity index (χ1v) is 8.10. The third kappa shape index (κ3) is 4.60. The predicted octanol–water partition coefficient (Wildman–Crippen LogP) is 4.41. The van der Waals surface area contributed by atoms with Gasteiger partial charge in [0, 0.05) is 6.61 Å². The molecular weight excluding hydrogens is 246 g/mol. The molecule has 1 aliphatic rings. The summed E-state index contributed by atoms with van der Waals surface area (Å²) in [5.41, 5.74) is 8.76. The number of rotatable bonds is 6. The SMILES string of the molecule is CC(C)c1ccc(C(N)COCC2CCCCC2)cc1. The summed E-state index contributed by atoms with van der Waals surface area (Å²) >= 11 is 0. The van der Waals surface area contributed by atoms with Crippen molar-refractivity contribution in [1.82, 2.24) is 0 Å². The Balaban J connectivity index is 1.74. The first-order chi connectivity index (χ1) is 9.66. The normalized spacial score (nSPS) is 18.4. The molecular formula is C18H29NO. The van der Waals surface area contributed by atoms with E-state index in [-0.39, 0.29) is 6.04 Å². The van der Waals surface area contributed by atoms with Crippen LogP contribution < -0.4 is 5.73 Å². The number of hydrogen-bond donors (Lipinski definition) is 1. The van der Waals surface area contributed by atoms with Gasteiger partial charge in [0.25, 0.3) is 0 Å². The molecule has 0 bridgehead atoms. The van der Waals surface area contributed by atoms with E-state index in [2.05, 4.69) is 38.1 Å². The van der Waals surface area contributed by atoms with Gasteiger partial charge in [-0.25, -0.2) is 0 Å². The molecule has 2 N–H and O–H groups in total. The molecule has 0 heterocycles. The molecule has 2 rings (SSSR count). The van der Waals surface area contributed by atoms with E-state index in [9.17, 15) is 0 Å². The van der Waals surface area contributed by atoms with E-state index in [0.717, 1.165) is 12.5 Å².